The Labute approximate surface area is 178 Å². The molecule has 6 nitrogen and oxygen atoms in total. The minimum absolute atomic E-state index is 0.0853. The molecule has 2 aromatic rings. The molecular formula is C24H29N3O3. The predicted octanol–water partition coefficient (Wildman–Crippen LogP) is 2.95. The van der Waals surface area contributed by atoms with E-state index in [0.29, 0.717) is 13.0 Å². The second-order valence-electron chi connectivity index (χ2n) is 7.91. The number of carbonyl (C=O) groups is 2. The Balaban J connectivity index is 1.35. The van der Waals surface area contributed by atoms with E-state index in [-0.39, 0.29) is 11.8 Å². The molecule has 4 rings (SSSR count). The number of nitrogens with zero attached hydrogens (tertiary/aromatic N) is 3. The number of hydrogen-bond acceptors (Lipinski definition) is 4. The van der Waals surface area contributed by atoms with Crippen LogP contribution in [0.3, 0.4) is 0 Å². The molecule has 2 aliphatic heterocycles. The van der Waals surface area contributed by atoms with Gasteiger partial charge in [-0.15, -0.1) is 0 Å². The number of fused-ring (bicyclic) bond motifs is 1. The Morgan fingerprint density at radius 1 is 0.967 bits per heavy atom. The molecule has 0 N–H and O–H groups in total. The van der Waals surface area contributed by atoms with Crippen molar-refractivity contribution >= 4 is 17.5 Å². The van der Waals surface area contributed by atoms with Gasteiger partial charge in [0.15, 0.2) is 0 Å². The number of rotatable bonds is 5. The van der Waals surface area contributed by atoms with E-state index in [1.807, 2.05) is 47.1 Å². The van der Waals surface area contributed by atoms with Gasteiger partial charge in [-0.2, -0.15) is 0 Å². The summed E-state index contributed by atoms with van der Waals surface area (Å²) in [6.07, 6.45) is 1.32. The van der Waals surface area contributed by atoms with Crippen molar-refractivity contribution in [3.8, 4) is 5.75 Å². The normalized spacial score (nSPS) is 16.5. The highest BCUT2D eigenvalue weighted by Gasteiger charge is 2.27. The lowest BCUT2D eigenvalue weighted by Crippen LogP contribution is -2.48. The standard InChI is InChI=1S/C24H29N3O3/c1-3-23(28)27-11-10-19-16-20(6-9-22(19)27)24(29)26-14-12-25(13-15-26)17-18-4-7-21(30-2)8-5-18/h4-9,16H,3,10-15,17H2,1-2H3. The zero-order valence-corrected chi connectivity index (χ0v) is 17.8. The van der Waals surface area contributed by atoms with Crippen molar-refractivity contribution in [1.82, 2.24) is 9.80 Å². The summed E-state index contributed by atoms with van der Waals surface area (Å²) in [6, 6.07) is 13.9. The van der Waals surface area contributed by atoms with Gasteiger partial charge in [-0.1, -0.05) is 19.1 Å². The molecule has 0 aromatic heterocycles. The maximum Gasteiger partial charge on any atom is 0.253 e. The summed E-state index contributed by atoms with van der Waals surface area (Å²) in [7, 11) is 1.67. The SMILES string of the molecule is CCC(=O)N1CCc2cc(C(=O)N3CCN(Cc4ccc(OC)cc4)CC3)ccc21. The van der Waals surface area contributed by atoms with Crippen LogP contribution in [0, 0.1) is 0 Å². The molecule has 30 heavy (non-hydrogen) atoms. The minimum atomic E-state index is 0.0853. The summed E-state index contributed by atoms with van der Waals surface area (Å²) in [6.45, 7) is 6.66. The molecule has 0 radical (unpaired) electrons. The van der Waals surface area contributed by atoms with Crippen LogP contribution in [0.4, 0.5) is 5.69 Å². The van der Waals surface area contributed by atoms with Gasteiger partial charge in [0, 0.05) is 56.9 Å². The number of benzene rings is 2. The molecule has 2 aliphatic rings. The second kappa shape index (κ2) is 8.88. The molecule has 2 amide bonds. The molecular weight excluding hydrogens is 378 g/mol. The fraction of sp³-hybridized carbons (Fsp3) is 0.417. The van der Waals surface area contributed by atoms with Crippen LogP contribution in [0.1, 0.15) is 34.8 Å². The van der Waals surface area contributed by atoms with Crippen LogP contribution >= 0.6 is 0 Å². The van der Waals surface area contributed by atoms with E-state index >= 15 is 0 Å². The van der Waals surface area contributed by atoms with E-state index in [2.05, 4.69) is 17.0 Å². The topological polar surface area (TPSA) is 53.1 Å². The highest BCUT2D eigenvalue weighted by molar-refractivity contribution is 5.98. The minimum Gasteiger partial charge on any atom is -0.497 e. The number of anilines is 1. The predicted molar refractivity (Wildman–Crippen MR) is 117 cm³/mol. The molecule has 1 fully saturated rings. The zero-order chi connectivity index (χ0) is 21.1. The summed E-state index contributed by atoms with van der Waals surface area (Å²) in [5.74, 6) is 1.09. The van der Waals surface area contributed by atoms with E-state index in [9.17, 15) is 9.59 Å². The number of methoxy groups -OCH3 is 1. The molecule has 1 saturated heterocycles. The molecule has 158 valence electrons. The monoisotopic (exact) mass is 407 g/mol. The van der Waals surface area contributed by atoms with Gasteiger partial charge < -0.3 is 14.5 Å². The fourth-order valence-corrected chi connectivity index (χ4v) is 4.27. The second-order valence-corrected chi connectivity index (χ2v) is 7.91. The fourth-order valence-electron chi connectivity index (χ4n) is 4.27. The van der Waals surface area contributed by atoms with Crippen molar-refractivity contribution < 1.29 is 14.3 Å². The van der Waals surface area contributed by atoms with Crippen molar-refractivity contribution in [3.05, 3.63) is 59.2 Å². The van der Waals surface area contributed by atoms with Crippen molar-refractivity contribution in [1.29, 1.82) is 0 Å². The van der Waals surface area contributed by atoms with Crippen LogP contribution < -0.4 is 9.64 Å². The first kappa shape index (κ1) is 20.4. The zero-order valence-electron chi connectivity index (χ0n) is 17.8. The highest BCUT2D eigenvalue weighted by Crippen LogP contribution is 2.30. The molecule has 0 saturated carbocycles. The first-order valence-electron chi connectivity index (χ1n) is 10.7. The summed E-state index contributed by atoms with van der Waals surface area (Å²) in [5, 5.41) is 0. The van der Waals surface area contributed by atoms with E-state index in [1.54, 1.807) is 7.11 Å². The van der Waals surface area contributed by atoms with Gasteiger partial charge in [0.1, 0.15) is 5.75 Å². The van der Waals surface area contributed by atoms with Crippen LogP contribution in [0.5, 0.6) is 5.75 Å². The third kappa shape index (κ3) is 4.19. The maximum atomic E-state index is 13.0. The van der Waals surface area contributed by atoms with Crippen molar-refractivity contribution in [2.45, 2.75) is 26.3 Å². The Bertz CT molecular complexity index is 918. The van der Waals surface area contributed by atoms with Gasteiger partial charge in [-0.25, -0.2) is 0 Å². The van der Waals surface area contributed by atoms with Crippen LogP contribution in [0.15, 0.2) is 42.5 Å². The lowest BCUT2D eigenvalue weighted by atomic mass is 10.1. The van der Waals surface area contributed by atoms with Gasteiger partial charge in [0.25, 0.3) is 5.91 Å². The molecule has 2 aromatic carbocycles. The number of amides is 2. The Morgan fingerprint density at radius 3 is 2.37 bits per heavy atom. The van der Waals surface area contributed by atoms with Crippen molar-refractivity contribution in [3.63, 3.8) is 0 Å². The van der Waals surface area contributed by atoms with Crippen LogP contribution in [-0.2, 0) is 17.8 Å². The largest absolute Gasteiger partial charge is 0.497 e. The van der Waals surface area contributed by atoms with E-state index in [4.69, 9.17) is 4.74 Å². The third-order valence-electron chi connectivity index (χ3n) is 6.05. The first-order chi connectivity index (χ1) is 14.6. The van der Waals surface area contributed by atoms with Crippen molar-refractivity contribution in [2.75, 3.05) is 44.7 Å². The average molecular weight is 408 g/mol. The molecule has 0 unspecified atom stereocenters. The molecule has 0 atom stereocenters. The van der Waals surface area contributed by atoms with E-state index in [1.165, 1.54) is 5.56 Å². The maximum absolute atomic E-state index is 13.0. The highest BCUT2D eigenvalue weighted by atomic mass is 16.5. The summed E-state index contributed by atoms with van der Waals surface area (Å²) in [4.78, 5) is 31.2. The lowest BCUT2D eigenvalue weighted by molar-refractivity contribution is -0.118. The first-order valence-corrected chi connectivity index (χ1v) is 10.7. The van der Waals surface area contributed by atoms with E-state index in [0.717, 1.165) is 61.7 Å². The van der Waals surface area contributed by atoms with Crippen LogP contribution in [0.2, 0.25) is 0 Å². The smallest absolute Gasteiger partial charge is 0.253 e. The number of hydrogen-bond donors (Lipinski definition) is 0. The summed E-state index contributed by atoms with van der Waals surface area (Å²) in [5.41, 5.74) is 4.03. The summed E-state index contributed by atoms with van der Waals surface area (Å²) < 4.78 is 5.22. The quantitative estimate of drug-likeness (QED) is 0.765. The molecule has 6 heteroatoms. The average Bonchev–Trinajstić information content (AvgIpc) is 3.22. The van der Waals surface area contributed by atoms with E-state index < -0.39 is 0 Å². The number of piperazine rings is 1. The Hall–Kier alpha value is -2.86. The molecule has 0 spiro atoms. The molecule has 0 bridgehead atoms. The number of carbonyl (C=O) groups excluding carboxylic acids is 2. The lowest BCUT2D eigenvalue weighted by Gasteiger charge is -2.35. The van der Waals surface area contributed by atoms with Crippen molar-refractivity contribution in [2.24, 2.45) is 0 Å². The van der Waals surface area contributed by atoms with Gasteiger partial charge >= 0.3 is 0 Å². The summed E-state index contributed by atoms with van der Waals surface area (Å²) >= 11 is 0. The molecule has 0 aliphatic carbocycles. The molecule has 2 heterocycles. The third-order valence-corrected chi connectivity index (χ3v) is 6.05. The van der Waals surface area contributed by atoms with Crippen LogP contribution in [0.25, 0.3) is 0 Å². The Morgan fingerprint density at radius 2 is 1.70 bits per heavy atom. The number of ether oxygens (including phenoxy) is 1. The van der Waals surface area contributed by atoms with Gasteiger partial charge in [-0.05, 0) is 47.9 Å². The Kier molecular flexibility index (Phi) is 6.04. The van der Waals surface area contributed by atoms with Crippen LogP contribution in [-0.4, -0.2) is 61.4 Å². The van der Waals surface area contributed by atoms with Gasteiger partial charge in [0.05, 0.1) is 7.11 Å². The van der Waals surface area contributed by atoms with Gasteiger partial charge in [-0.3, -0.25) is 14.5 Å². The van der Waals surface area contributed by atoms with Gasteiger partial charge in [0.2, 0.25) is 5.91 Å².